The molecule has 0 aliphatic rings. The third-order valence-corrected chi connectivity index (χ3v) is 4.20. The largest absolute Gasteiger partial charge is 0.469 e. The third-order valence-electron chi connectivity index (χ3n) is 4.20. The van der Waals surface area contributed by atoms with Gasteiger partial charge < -0.3 is 24.7 Å². The predicted octanol–water partition coefficient (Wildman–Crippen LogP) is 3.13. The van der Waals surface area contributed by atoms with E-state index in [-0.39, 0.29) is 24.0 Å². The van der Waals surface area contributed by atoms with Gasteiger partial charge in [0, 0.05) is 26.1 Å². The zero-order valence-corrected chi connectivity index (χ0v) is 19.1. The summed E-state index contributed by atoms with van der Waals surface area (Å²) in [5.41, 5.74) is 0. The number of nitrogens with zero attached hydrogens (tertiary/aromatic N) is 2. The van der Waals surface area contributed by atoms with Crippen LogP contribution in [0.2, 0.25) is 0 Å². The van der Waals surface area contributed by atoms with Gasteiger partial charge in [0.25, 0.3) is 0 Å². The van der Waals surface area contributed by atoms with Crippen molar-refractivity contribution in [2.75, 3.05) is 46.4 Å². The Balaban J connectivity index is 0.00000625. The molecule has 1 aromatic heterocycles. The molecule has 2 N–H and O–H groups in total. The van der Waals surface area contributed by atoms with Crippen LogP contribution in [0.4, 0.5) is 0 Å². The summed E-state index contributed by atoms with van der Waals surface area (Å²) < 4.78 is 10.5. The fraction of sp³-hybridized carbons (Fsp3) is 0.737. The third kappa shape index (κ3) is 11.7. The molecule has 1 atom stereocenters. The van der Waals surface area contributed by atoms with Crippen LogP contribution in [-0.4, -0.2) is 63.3 Å². The van der Waals surface area contributed by atoms with Crippen LogP contribution in [-0.2, 0) is 11.2 Å². The van der Waals surface area contributed by atoms with Crippen LogP contribution in [0.3, 0.4) is 0 Å². The van der Waals surface area contributed by atoms with Gasteiger partial charge in [0.15, 0.2) is 5.96 Å². The lowest BCUT2D eigenvalue weighted by molar-refractivity contribution is 0.208. The summed E-state index contributed by atoms with van der Waals surface area (Å²) in [7, 11) is 1.70. The highest BCUT2D eigenvalue weighted by atomic mass is 127. The molecule has 152 valence electrons. The van der Waals surface area contributed by atoms with Crippen molar-refractivity contribution in [3.8, 4) is 0 Å². The Morgan fingerprint density at radius 1 is 1.35 bits per heavy atom. The van der Waals surface area contributed by atoms with Gasteiger partial charge in [0.05, 0.1) is 19.4 Å². The molecule has 0 saturated heterocycles. The number of aliphatic imine (C=N–C) groups is 1. The maximum absolute atomic E-state index is 5.37. The van der Waals surface area contributed by atoms with E-state index in [9.17, 15) is 0 Å². The number of hydrogen-bond acceptors (Lipinski definition) is 4. The Hall–Kier alpha value is -0.800. The maximum atomic E-state index is 5.37. The van der Waals surface area contributed by atoms with Crippen molar-refractivity contribution in [1.29, 1.82) is 0 Å². The van der Waals surface area contributed by atoms with Gasteiger partial charge in [-0.2, -0.15) is 0 Å². The maximum Gasteiger partial charge on any atom is 0.191 e. The van der Waals surface area contributed by atoms with E-state index in [1.54, 1.807) is 13.4 Å². The van der Waals surface area contributed by atoms with Crippen LogP contribution in [0, 0.1) is 0 Å². The number of guanidine groups is 1. The summed E-state index contributed by atoms with van der Waals surface area (Å²) >= 11 is 0. The molecule has 0 aliphatic heterocycles. The highest BCUT2D eigenvalue weighted by Gasteiger charge is 2.07. The monoisotopic (exact) mass is 480 g/mol. The Morgan fingerprint density at radius 2 is 2.12 bits per heavy atom. The number of ether oxygens (including phenoxy) is 1. The molecule has 26 heavy (non-hydrogen) atoms. The van der Waals surface area contributed by atoms with Crippen molar-refractivity contribution in [1.82, 2.24) is 15.5 Å². The van der Waals surface area contributed by atoms with Gasteiger partial charge in [-0.05, 0) is 51.5 Å². The highest BCUT2D eigenvalue weighted by Crippen LogP contribution is 2.01. The number of furan rings is 1. The summed E-state index contributed by atoms with van der Waals surface area (Å²) in [6, 6.07) is 4.29. The van der Waals surface area contributed by atoms with Crippen molar-refractivity contribution in [2.24, 2.45) is 4.99 Å². The van der Waals surface area contributed by atoms with Crippen LogP contribution in [0.1, 0.15) is 39.4 Å². The van der Waals surface area contributed by atoms with E-state index in [1.807, 2.05) is 12.1 Å². The van der Waals surface area contributed by atoms with Gasteiger partial charge in [-0.3, -0.25) is 4.99 Å². The fourth-order valence-electron chi connectivity index (χ4n) is 2.63. The van der Waals surface area contributed by atoms with Gasteiger partial charge in [0.2, 0.25) is 0 Å². The van der Waals surface area contributed by atoms with E-state index in [1.165, 1.54) is 6.42 Å². The van der Waals surface area contributed by atoms with Gasteiger partial charge in [0.1, 0.15) is 5.76 Å². The molecule has 6 nitrogen and oxygen atoms in total. The van der Waals surface area contributed by atoms with Crippen LogP contribution in [0.5, 0.6) is 0 Å². The van der Waals surface area contributed by atoms with Gasteiger partial charge in [-0.25, -0.2) is 0 Å². The van der Waals surface area contributed by atoms with E-state index >= 15 is 0 Å². The van der Waals surface area contributed by atoms with E-state index in [0.29, 0.717) is 19.2 Å². The van der Waals surface area contributed by atoms with E-state index < -0.39 is 0 Å². The van der Waals surface area contributed by atoms with Gasteiger partial charge in [-0.1, -0.05) is 13.8 Å². The lowest BCUT2D eigenvalue weighted by Gasteiger charge is -2.21. The molecule has 0 bridgehead atoms. The van der Waals surface area contributed by atoms with Crippen LogP contribution in [0.25, 0.3) is 0 Å². The molecule has 7 heteroatoms. The van der Waals surface area contributed by atoms with Gasteiger partial charge >= 0.3 is 0 Å². The summed E-state index contributed by atoms with van der Waals surface area (Å²) in [6.07, 6.45) is 4.86. The Labute approximate surface area is 176 Å². The van der Waals surface area contributed by atoms with Crippen LogP contribution >= 0.6 is 24.0 Å². The first kappa shape index (κ1) is 25.2. The van der Waals surface area contributed by atoms with Crippen LogP contribution in [0.15, 0.2) is 27.8 Å². The topological polar surface area (TPSA) is 62.0 Å². The molecule has 1 unspecified atom stereocenters. The van der Waals surface area contributed by atoms with E-state index in [4.69, 9.17) is 9.15 Å². The zero-order valence-electron chi connectivity index (χ0n) is 16.8. The standard InChI is InChI=1S/C19H36N4O2.HI/c1-5-23(6-2)14-7-9-17(3)22-19(21-13-16-24-4)20-12-11-18-10-8-15-25-18;/h8,10,15,17H,5-7,9,11-14,16H2,1-4H3,(H2,20,21,22);1H. The lowest BCUT2D eigenvalue weighted by atomic mass is 10.2. The quantitative estimate of drug-likeness (QED) is 0.197. The molecule has 1 aromatic rings. The molecule has 0 radical (unpaired) electrons. The highest BCUT2D eigenvalue weighted by molar-refractivity contribution is 14.0. The minimum Gasteiger partial charge on any atom is -0.469 e. The van der Waals surface area contributed by atoms with E-state index in [0.717, 1.165) is 50.7 Å². The summed E-state index contributed by atoms with van der Waals surface area (Å²) in [4.78, 5) is 7.04. The summed E-state index contributed by atoms with van der Waals surface area (Å²) in [5.74, 6) is 1.83. The molecule has 0 aliphatic carbocycles. The average Bonchev–Trinajstić information content (AvgIpc) is 3.12. The first-order valence-electron chi connectivity index (χ1n) is 9.48. The fourth-order valence-corrected chi connectivity index (χ4v) is 2.63. The van der Waals surface area contributed by atoms with Crippen molar-refractivity contribution < 1.29 is 9.15 Å². The molecule has 1 heterocycles. The van der Waals surface area contributed by atoms with Crippen molar-refractivity contribution in [3.63, 3.8) is 0 Å². The normalized spacial score (nSPS) is 12.7. The second-order valence-electron chi connectivity index (χ2n) is 6.19. The van der Waals surface area contributed by atoms with Crippen molar-refractivity contribution in [2.45, 2.75) is 46.1 Å². The molecule has 0 fully saturated rings. The summed E-state index contributed by atoms with van der Waals surface area (Å²) in [6.45, 7) is 12.1. The zero-order chi connectivity index (χ0) is 18.3. The molecule has 0 amide bonds. The first-order chi connectivity index (χ1) is 12.2. The smallest absolute Gasteiger partial charge is 0.191 e. The Kier molecular flexibility index (Phi) is 15.9. The molecule has 1 rings (SSSR count). The molecule has 0 aromatic carbocycles. The number of nitrogens with one attached hydrogen (secondary N) is 2. The Bertz CT molecular complexity index is 450. The minimum atomic E-state index is 0. The van der Waals surface area contributed by atoms with Crippen molar-refractivity contribution in [3.05, 3.63) is 24.2 Å². The van der Waals surface area contributed by atoms with E-state index in [2.05, 4.69) is 41.3 Å². The average molecular weight is 480 g/mol. The molecular weight excluding hydrogens is 443 g/mol. The lowest BCUT2D eigenvalue weighted by Crippen LogP contribution is -2.43. The second-order valence-corrected chi connectivity index (χ2v) is 6.19. The second kappa shape index (κ2) is 16.4. The minimum absolute atomic E-state index is 0. The predicted molar refractivity (Wildman–Crippen MR) is 120 cm³/mol. The molecular formula is C19H37IN4O2. The van der Waals surface area contributed by atoms with Crippen molar-refractivity contribution >= 4 is 29.9 Å². The van der Waals surface area contributed by atoms with Crippen LogP contribution < -0.4 is 10.6 Å². The molecule has 0 spiro atoms. The summed E-state index contributed by atoms with van der Waals surface area (Å²) in [5, 5.41) is 6.88. The number of methoxy groups -OCH3 is 1. The number of halogens is 1. The Morgan fingerprint density at radius 3 is 2.73 bits per heavy atom. The van der Waals surface area contributed by atoms with Gasteiger partial charge in [-0.15, -0.1) is 24.0 Å². The SMILES string of the molecule is CCN(CC)CCCC(C)NC(=NCCOC)NCCc1ccco1.I. The number of hydrogen-bond donors (Lipinski definition) is 2. The first-order valence-corrected chi connectivity index (χ1v) is 9.48. The molecule has 0 saturated carbocycles. The number of rotatable bonds is 13.